The molecule has 2 rings (SSSR count). The summed E-state index contributed by atoms with van der Waals surface area (Å²) in [5, 5.41) is 0. The van der Waals surface area contributed by atoms with Crippen molar-refractivity contribution in [3.8, 4) is 0 Å². The van der Waals surface area contributed by atoms with E-state index in [1.165, 1.54) is 6.42 Å². The zero-order valence-electron chi connectivity index (χ0n) is 9.89. The van der Waals surface area contributed by atoms with Crippen molar-refractivity contribution >= 4 is 5.91 Å². The molecule has 0 spiro atoms. The molecule has 16 heavy (non-hydrogen) atoms. The van der Waals surface area contributed by atoms with E-state index in [4.69, 9.17) is 0 Å². The number of nitrogens with zero attached hydrogens (tertiary/aromatic N) is 2. The van der Waals surface area contributed by atoms with Crippen LogP contribution in [0.15, 0.2) is 24.5 Å². The smallest absolute Gasteiger partial charge is 0.254 e. The average molecular weight is 218 g/mol. The summed E-state index contributed by atoms with van der Waals surface area (Å²) in [7, 11) is 0. The zero-order chi connectivity index (χ0) is 11.5. The van der Waals surface area contributed by atoms with Crippen LogP contribution in [-0.2, 0) is 0 Å². The number of pyridine rings is 1. The topological polar surface area (TPSA) is 33.2 Å². The molecule has 1 aromatic rings. The molecule has 0 aliphatic carbocycles. The van der Waals surface area contributed by atoms with E-state index in [0.717, 1.165) is 18.4 Å². The highest BCUT2D eigenvalue weighted by atomic mass is 16.2. The number of carbonyl (C=O) groups excluding carboxylic acids is 1. The maximum atomic E-state index is 12.3. The molecule has 1 aliphatic heterocycles. The van der Waals surface area contributed by atoms with Gasteiger partial charge in [0.1, 0.15) is 0 Å². The molecule has 86 valence electrons. The van der Waals surface area contributed by atoms with Crippen LogP contribution in [0.3, 0.4) is 0 Å². The van der Waals surface area contributed by atoms with Crippen molar-refractivity contribution < 1.29 is 4.79 Å². The molecule has 3 nitrogen and oxygen atoms in total. The summed E-state index contributed by atoms with van der Waals surface area (Å²) >= 11 is 0. The third-order valence-corrected chi connectivity index (χ3v) is 3.36. The molecule has 0 bridgehead atoms. The van der Waals surface area contributed by atoms with Gasteiger partial charge in [-0.2, -0.15) is 0 Å². The Bertz CT molecular complexity index is 353. The van der Waals surface area contributed by atoms with Gasteiger partial charge in [0.25, 0.3) is 5.91 Å². The minimum atomic E-state index is 0.141. The van der Waals surface area contributed by atoms with Crippen molar-refractivity contribution in [2.24, 2.45) is 0 Å². The number of hydrogen-bond donors (Lipinski definition) is 0. The van der Waals surface area contributed by atoms with Crippen LogP contribution in [0.2, 0.25) is 0 Å². The summed E-state index contributed by atoms with van der Waals surface area (Å²) in [6, 6.07) is 4.28. The number of piperidine rings is 1. The van der Waals surface area contributed by atoms with E-state index in [-0.39, 0.29) is 5.91 Å². The first-order valence-corrected chi connectivity index (χ1v) is 5.93. The summed E-state index contributed by atoms with van der Waals surface area (Å²) in [5.74, 6) is 0.141. The van der Waals surface area contributed by atoms with Crippen molar-refractivity contribution in [1.82, 2.24) is 9.88 Å². The number of aromatic nitrogens is 1. The van der Waals surface area contributed by atoms with E-state index in [2.05, 4.69) is 18.8 Å². The van der Waals surface area contributed by atoms with Gasteiger partial charge in [0, 0.05) is 30.0 Å². The highest BCUT2D eigenvalue weighted by Crippen LogP contribution is 2.24. The lowest BCUT2D eigenvalue weighted by Crippen LogP contribution is -2.47. The molecule has 1 amide bonds. The Morgan fingerprint density at radius 2 is 1.81 bits per heavy atom. The minimum Gasteiger partial charge on any atom is -0.333 e. The Balaban J connectivity index is 2.20. The lowest BCUT2D eigenvalue weighted by molar-refractivity contribution is 0.0510. The fourth-order valence-electron chi connectivity index (χ4n) is 2.47. The largest absolute Gasteiger partial charge is 0.333 e. The normalized spacial score (nSPS) is 25.5. The third kappa shape index (κ3) is 2.08. The molecule has 0 radical (unpaired) electrons. The van der Waals surface area contributed by atoms with E-state index < -0.39 is 0 Å². The van der Waals surface area contributed by atoms with Crippen LogP contribution >= 0.6 is 0 Å². The van der Waals surface area contributed by atoms with Crippen LogP contribution in [-0.4, -0.2) is 27.9 Å². The highest BCUT2D eigenvalue weighted by molar-refractivity contribution is 5.94. The van der Waals surface area contributed by atoms with Crippen molar-refractivity contribution in [2.75, 3.05) is 0 Å². The first kappa shape index (κ1) is 11.1. The van der Waals surface area contributed by atoms with Crippen LogP contribution in [0.1, 0.15) is 43.5 Å². The number of amides is 1. The predicted octanol–water partition coefficient (Wildman–Crippen LogP) is 2.48. The Morgan fingerprint density at radius 1 is 1.25 bits per heavy atom. The van der Waals surface area contributed by atoms with Gasteiger partial charge in [0.05, 0.1) is 0 Å². The van der Waals surface area contributed by atoms with E-state index in [9.17, 15) is 4.79 Å². The number of rotatable bonds is 1. The Hall–Kier alpha value is -1.38. The van der Waals surface area contributed by atoms with Crippen molar-refractivity contribution in [1.29, 1.82) is 0 Å². The maximum Gasteiger partial charge on any atom is 0.254 e. The van der Waals surface area contributed by atoms with Gasteiger partial charge >= 0.3 is 0 Å². The molecular weight excluding hydrogens is 200 g/mol. The fraction of sp³-hybridized carbons (Fsp3) is 0.538. The SMILES string of the molecule is C[C@@H]1CCC[C@@H](C)N1C(=O)c1ccncc1. The van der Waals surface area contributed by atoms with Gasteiger partial charge in [-0.25, -0.2) is 0 Å². The molecule has 2 atom stereocenters. The highest BCUT2D eigenvalue weighted by Gasteiger charge is 2.29. The lowest BCUT2D eigenvalue weighted by atomic mass is 9.96. The van der Waals surface area contributed by atoms with Gasteiger partial charge in [-0.3, -0.25) is 9.78 Å². The standard InChI is InChI=1S/C13H18N2O/c1-10-4-3-5-11(2)15(10)13(16)12-6-8-14-9-7-12/h6-11H,3-5H2,1-2H3/t10-,11-/m1/s1. The van der Waals surface area contributed by atoms with Gasteiger partial charge in [0.2, 0.25) is 0 Å². The van der Waals surface area contributed by atoms with E-state index in [1.54, 1.807) is 24.5 Å². The minimum absolute atomic E-state index is 0.141. The number of hydrogen-bond acceptors (Lipinski definition) is 2. The van der Waals surface area contributed by atoms with Gasteiger partial charge in [-0.15, -0.1) is 0 Å². The molecular formula is C13H18N2O. The molecule has 1 fully saturated rings. The van der Waals surface area contributed by atoms with Crippen molar-refractivity contribution in [3.63, 3.8) is 0 Å². The Kier molecular flexibility index (Phi) is 3.22. The number of likely N-dealkylation sites (tertiary alicyclic amines) is 1. The van der Waals surface area contributed by atoms with Crippen LogP contribution < -0.4 is 0 Å². The Labute approximate surface area is 96.5 Å². The molecule has 2 heterocycles. The van der Waals surface area contributed by atoms with Gasteiger partial charge in [0.15, 0.2) is 0 Å². The molecule has 0 saturated carbocycles. The molecule has 1 aromatic heterocycles. The molecule has 1 saturated heterocycles. The molecule has 0 aromatic carbocycles. The summed E-state index contributed by atoms with van der Waals surface area (Å²) in [4.78, 5) is 18.3. The van der Waals surface area contributed by atoms with E-state index in [0.29, 0.717) is 12.1 Å². The fourth-order valence-corrected chi connectivity index (χ4v) is 2.47. The van der Waals surface area contributed by atoms with Gasteiger partial charge in [-0.1, -0.05) is 0 Å². The zero-order valence-corrected chi connectivity index (χ0v) is 9.89. The van der Waals surface area contributed by atoms with E-state index >= 15 is 0 Å². The third-order valence-electron chi connectivity index (χ3n) is 3.36. The maximum absolute atomic E-state index is 12.3. The summed E-state index contributed by atoms with van der Waals surface area (Å²) in [6.07, 6.45) is 6.80. The molecule has 0 N–H and O–H groups in total. The second kappa shape index (κ2) is 4.64. The lowest BCUT2D eigenvalue weighted by Gasteiger charge is -2.39. The predicted molar refractivity (Wildman–Crippen MR) is 63.2 cm³/mol. The Morgan fingerprint density at radius 3 is 2.38 bits per heavy atom. The van der Waals surface area contributed by atoms with E-state index in [1.807, 2.05) is 4.90 Å². The number of carbonyl (C=O) groups is 1. The first-order chi connectivity index (χ1) is 7.70. The monoisotopic (exact) mass is 218 g/mol. The average Bonchev–Trinajstić information content (AvgIpc) is 2.30. The molecule has 0 unspecified atom stereocenters. The molecule has 1 aliphatic rings. The van der Waals surface area contributed by atoms with Gasteiger partial charge in [-0.05, 0) is 45.2 Å². The quantitative estimate of drug-likeness (QED) is 0.725. The van der Waals surface area contributed by atoms with Crippen LogP contribution in [0, 0.1) is 0 Å². The van der Waals surface area contributed by atoms with Crippen LogP contribution in [0.25, 0.3) is 0 Å². The van der Waals surface area contributed by atoms with Gasteiger partial charge < -0.3 is 4.90 Å². The summed E-state index contributed by atoms with van der Waals surface area (Å²) in [5.41, 5.74) is 0.746. The summed E-state index contributed by atoms with van der Waals surface area (Å²) in [6.45, 7) is 4.27. The van der Waals surface area contributed by atoms with Crippen LogP contribution in [0.5, 0.6) is 0 Å². The second-order valence-electron chi connectivity index (χ2n) is 4.58. The first-order valence-electron chi connectivity index (χ1n) is 5.93. The van der Waals surface area contributed by atoms with Crippen LogP contribution in [0.4, 0.5) is 0 Å². The summed E-state index contributed by atoms with van der Waals surface area (Å²) < 4.78 is 0. The molecule has 3 heteroatoms. The second-order valence-corrected chi connectivity index (χ2v) is 4.58. The van der Waals surface area contributed by atoms with Crippen molar-refractivity contribution in [3.05, 3.63) is 30.1 Å². The van der Waals surface area contributed by atoms with Crippen molar-refractivity contribution in [2.45, 2.75) is 45.2 Å².